The molecule has 0 saturated carbocycles. The molecule has 4 heterocycles. The standard InChI is InChI=1S/C23H19ClFN3O3/c1-11-13(24)9-8-12-19(11)26-22(31)23(12)18-17(16-7-4-10-27(16)23)20(29)28(21(18)30)15-6-3-2-5-14(15)25/h2-3,5-6,8-9,16-18H,4,7,10H2,1H3,(H,26,31)/t16-,17+,18+,23+/m1/s1. The number of benzene rings is 2. The minimum Gasteiger partial charge on any atom is -0.324 e. The van der Waals surface area contributed by atoms with Crippen molar-refractivity contribution in [3.63, 3.8) is 0 Å². The molecule has 4 aliphatic heterocycles. The van der Waals surface area contributed by atoms with Gasteiger partial charge in [-0.15, -0.1) is 0 Å². The lowest BCUT2D eigenvalue weighted by molar-refractivity contribution is -0.135. The topological polar surface area (TPSA) is 69.7 Å². The van der Waals surface area contributed by atoms with E-state index < -0.39 is 35.0 Å². The predicted octanol–water partition coefficient (Wildman–Crippen LogP) is 3.22. The first kappa shape index (κ1) is 19.0. The second-order valence-electron chi connectivity index (χ2n) is 8.69. The lowest BCUT2D eigenvalue weighted by Gasteiger charge is -2.36. The van der Waals surface area contributed by atoms with Gasteiger partial charge < -0.3 is 5.32 Å². The number of hydrogen-bond acceptors (Lipinski definition) is 4. The van der Waals surface area contributed by atoms with Gasteiger partial charge >= 0.3 is 0 Å². The van der Waals surface area contributed by atoms with Crippen LogP contribution in [0.25, 0.3) is 0 Å². The number of fused-ring (bicyclic) bond motifs is 7. The van der Waals surface area contributed by atoms with Crippen LogP contribution in [0.4, 0.5) is 15.8 Å². The van der Waals surface area contributed by atoms with Gasteiger partial charge in [0.15, 0.2) is 0 Å². The fourth-order valence-electron chi connectivity index (χ4n) is 6.26. The fourth-order valence-corrected chi connectivity index (χ4v) is 6.42. The summed E-state index contributed by atoms with van der Waals surface area (Å²) in [5.74, 6) is -3.51. The molecule has 3 saturated heterocycles. The highest BCUT2D eigenvalue weighted by atomic mass is 35.5. The van der Waals surface area contributed by atoms with E-state index in [2.05, 4.69) is 5.32 Å². The number of nitrogens with one attached hydrogen (secondary N) is 1. The lowest BCUT2D eigenvalue weighted by Crippen LogP contribution is -2.54. The molecule has 158 valence electrons. The van der Waals surface area contributed by atoms with Crippen molar-refractivity contribution in [3.8, 4) is 0 Å². The van der Waals surface area contributed by atoms with E-state index in [0.717, 1.165) is 16.9 Å². The summed E-state index contributed by atoms with van der Waals surface area (Å²) in [4.78, 5) is 43.9. The Kier molecular flexibility index (Phi) is 3.76. The van der Waals surface area contributed by atoms with Gasteiger partial charge in [0.2, 0.25) is 17.7 Å². The second kappa shape index (κ2) is 6.14. The first-order valence-corrected chi connectivity index (χ1v) is 10.8. The summed E-state index contributed by atoms with van der Waals surface area (Å²) in [5.41, 5.74) is 0.663. The molecule has 4 aliphatic rings. The third kappa shape index (κ3) is 2.08. The van der Waals surface area contributed by atoms with Gasteiger partial charge in [-0.05, 0) is 50.1 Å². The number of para-hydroxylation sites is 1. The maximum Gasteiger partial charge on any atom is 0.250 e. The zero-order chi connectivity index (χ0) is 21.7. The largest absolute Gasteiger partial charge is 0.324 e. The van der Waals surface area contributed by atoms with Crippen molar-refractivity contribution >= 4 is 40.7 Å². The molecule has 8 heteroatoms. The fraction of sp³-hybridized carbons (Fsp3) is 0.348. The molecule has 6 nitrogen and oxygen atoms in total. The molecule has 1 spiro atoms. The molecule has 4 atom stereocenters. The van der Waals surface area contributed by atoms with E-state index in [4.69, 9.17) is 11.6 Å². The Bertz CT molecular complexity index is 1200. The van der Waals surface area contributed by atoms with Gasteiger partial charge in [0.1, 0.15) is 11.4 Å². The third-order valence-corrected chi connectivity index (χ3v) is 7.87. The molecule has 3 amide bonds. The molecule has 31 heavy (non-hydrogen) atoms. The summed E-state index contributed by atoms with van der Waals surface area (Å²) < 4.78 is 14.6. The molecule has 2 aromatic carbocycles. The molecule has 0 unspecified atom stereocenters. The van der Waals surface area contributed by atoms with Crippen LogP contribution in [0.2, 0.25) is 5.02 Å². The van der Waals surface area contributed by atoms with Gasteiger partial charge in [-0.25, -0.2) is 9.29 Å². The van der Waals surface area contributed by atoms with Crippen molar-refractivity contribution in [1.82, 2.24) is 4.90 Å². The Hall–Kier alpha value is -2.77. The van der Waals surface area contributed by atoms with Crippen molar-refractivity contribution < 1.29 is 18.8 Å². The summed E-state index contributed by atoms with van der Waals surface area (Å²) in [6.45, 7) is 2.44. The number of hydrogen-bond donors (Lipinski definition) is 1. The Balaban J connectivity index is 1.59. The quantitative estimate of drug-likeness (QED) is 0.693. The Morgan fingerprint density at radius 2 is 1.90 bits per heavy atom. The first-order valence-electron chi connectivity index (χ1n) is 10.4. The van der Waals surface area contributed by atoms with Crippen LogP contribution < -0.4 is 10.2 Å². The third-order valence-electron chi connectivity index (χ3n) is 7.46. The molecular weight excluding hydrogens is 421 g/mol. The Morgan fingerprint density at radius 1 is 1.13 bits per heavy atom. The molecule has 3 fully saturated rings. The number of carbonyl (C=O) groups excluding carboxylic acids is 3. The van der Waals surface area contributed by atoms with Crippen LogP contribution in [-0.4, -0.2) is 35.2 Å². The van der Waals surface area contributed by atoms with Gasteiger partial charge in [-0.3, -0.25) is 19.3 Å². The maximum atomic E-state index is 14.6. The van der Waals surface area contributed by atoms with E-state index in [1.165, 1.54) is 18.2 Å². The van der Waals surface area contributed by atoms with Crippen molar-refractivity contribution in [2.75, 3.05) is 16.8 Å². The van der Waals surface area contributed by atoms with Crippen LogP contribution in [0.1, 0.15) is 24.0 Å². The van der Waals surface area contributed by atoms with Gasteiger partial charge in [0, 0.05) is 16.6 Å². The van der Waals surface area contributed by atoms with Crippen LogP contribution in [0.5, 0.6) is 0 Å². The minimum absolute atomic E-state index is 0.0579. The van der Waals surface area contributed by atoms with Crippen LogP contribution in [0, 0.1) is 24.6 Å². The van der Waals surface area contributed by atoms with Gasteiger partial charge in [0.25, 0.3) is 0 Å². The van der Waals surface area contributed by atoms with Crippen LogP contribution in [-0.2, 0) is 19.9 Å². The summed E-state index contributed by atoms with van der Waals surface area (Å²) in [7, 11) is 0. The highest BCUT2D eigenvalue weighted by molar-refractivity contribution is 6.32. The molecule has 6 rings (SSSR count). The highest BCUT2D eigenvalue weighted by Gasteiger charge is 2.74. The first-order chi connectivity index (χ1) is 14.9. The maximum absolute atomic E-state index is 14.6. The average Bonchev–Trinajstić information content (AvgIpc) is 3.45. The van der Waals surface area contributed by atoms with Crippen molar-refractivity contribution in [1.29, 1.82) is 0 Å². The molecule has 0 bridgehead atoms. The number of carbonyl (C=O) groups is 3. The lowest BCUT2D eigenvalue weighted by atomic mass is 9.75. The van der Waals surface area contributed by atoms with E-state index in [9.17, 15) is 18.8 Å². The van der Waals surface area contributed by atoms with Crippen LogP contribution in [0.15, 0.2) is 36.4 Å². The Morgan fingerprint density at radius 3 is 2.68 bits per heavy atom. The van der Waals surface area contributed by atoms with Crippen LogP contribution >= 0.6 is 11.6 Å². The number of anilines is 2. The minimum atomic E-state index is -1.29. The number of nitrogens with zero attached hydrogens (tertiary/aromatic N) is 2. The Labute approximate surface area is 183 Å². The van der Waals surface area contributed by atoms with E-state index in [-0.39, 0.29) is 17.6 Å². The summed E-state index contributed by atoms with van der Waals surface area (Å²) in [6.07, 6.45) is 1.54. The molecular formula is C23H19ClFN3O3. The molecule has 0 aliphatic carbocycles. The molecule has 0 aromatic heterocycles. The van der Waals surface area contributed by atoms with Crippen molar-refractivity contribution in [3.05, 3.63) is 58.4 Å². The summed E-state index contributed by atoms with van der Waals surface area (Å²) >= 11 is 6.29. The smallest absolute Gasteiger partial charge is 0.250 e. The summed E-state index contributed by atoms with van der Waals surface area (Å²) in [6, 6.07) is 9.02. The van der Waals surface area contributed by atoms with Gasteiger partial charge in [-0.2, -0.15) is 0 Å². The summed E-state index contributed by atoms with van der Waals surface area (Å²) in [5, 5.41) is 3.46. The number of halogens is 2. The van der Waals surface area contributed by atoms with Gasteiger partial charge in [-0.1, -0.05) is 29.8 Å². The number of amides is 3. The zero-order valence-electron chi connectivity index (χ0n) is 16.7. The van der Waals surface area contributed by atoms with Crippen molar-refractivity contribution in [2.45, 2.75) is 31.3 Å². The monoisotopic (exact) mass is 439 g/mol. The second-order valence-corrected chi connectivity index (χ2v) is 9.09. The molecule has 2 aromatic rings. The van der Waals surface area contributed by atoms with E-state index in [0.29, 0.717) is 29.2 Å². The normalized spacial score (nSPS) is 31.4. The van der Waals surface area contributed by atoms with Crippen molar-refractivity contribution in [2.24, 2.45) is 11.8 Å². The predicted molar refractivity (Wildman–Crippen MR) is 112 cm³/mol. The number of rotatable bonds is 1. The van der Waals surface area contributed by atoms with E-state index >= 15 is 0 Å². The van der Waals surface area contributed by atoms with E-state index in [1.54, 1.807) is 18.2 Å². The number of imide groups is 1. The highest BCUT2D eigenvalue weighted by Crippen LogP contribution is 2.61. The van der Waals surface area contributed by atoms with Crippen LogP contribution in [0.3, 0.4) is 0 Å². The van der Waals surface area contributed by atoms with Gasteiger partial charge in [0.05, 0.1) is 23.2 Å². The molecule has 1 N–H and O–H groups in total. The zero-order valence-corrected chi connectivity index (χ0v) is 17.4. The molecule has 0 radical (unpaired) electrons. The van der Waals surface area contributed by atoms with E-state index in [1.807, 2.05) is 11.8 Å². The average molecular weight is 440 g/mol. The SMILES string of the molecule is Cc1c(Cl)ccc2c1NC(=O)[C@@]21[C@@H]2C(=O)N(c3ccccc3F)C(=O)[C@H]2[C@H]2CCCN21.